The van der Waals surface area contributed by atoms with E-state index in [1.54, 1.807) is 0 Å². The Morgan fingerprint density at radius 1 is 0.615 bits per heavy atom. The van der Waals surface area contributed by atoms with E-state index in [0.717, 1.165) is 26.1 Å². The van der Waals surface area contributed by atoms with Gasteiger partial charge in [-0.05, 0) is 12.8 Å². The van der Waals surface area contributed by atoms with Gasteiger partial charge in [0.1, 0.15) is 0 Å². The number of hydrogen-bond acceptors (Lipinski definition) is 1. The highest BCUT2D eigenvalue weighted by Crippen LogP contribution is 1.81. The number of ether oxygens (including phenoxy) is 1. The number of rotatable bonds is 4. The summed E-state index contributed by atoms with van der Waals surface area (Å²) in [5, 5.41) is 0. The minimum atomic E-state index is 0. The Hall–Kier alpha value is -0.0400. The molecule has 0 aliphatic rings. The molecule has 0 bridgehead atoms. The molecule has 0 amide bonds. The van der Waals surface area contributed by atoms with Gasteiger partial charge >= 0.3 is 0 Å². The molecule has 0 aliphatic heterocycles. The van der Waals surface area contributed by atoms with Gasteiger partial charge in [-0.2, -0.15) is 0 Å². The van der Waals surface area contributed by atoms with Crippen LogP contribution in [-0.2, 0) is 4.74 Å². The quantitative estimate of drug-likeness (QED) is 0.531. The largest absolute Gasteiger partial charge is 0.381 e. The van der Waals surface area contributed by atoms with Crippen LogP contribution in [0.15, 0.2) is 0 Å². The van der Waals surface area contributed by atoms with Gasteiger partial charge in [0, 0.05) is 13.2 Å². The predicted molar refractivity (Wildman–Crippen MR) is 71.8 cm³/mol. The summed E-state index contributed by atoms with van der Waals surface area (Å²) in [7, 11) is 0. The maximum absolute atomic E-state index is 5.13. The van der Waals surface area contributed by atoms with Crippen LogP contribution in [-0.4, -0.2) is 13.2 Å². The van der Waals surface area contributed by atoms with Gasteiger partial charge in [-0.3, -0.25) is 0 Å². The normalized spacial score (nSPS) is 5.08. The van der Waals surface area contributed by atoms with Crippen molar-refractivity contribution in [3.8, 4) is 0 Å². The zero-order chi connectivity index (χ0) is 5.54. The molecule has 0 unspecified atom stereocenters. The van der Waals surface area contributed by atoms with Gasteiger partial charge < -0.3 is 4.74 Å². The van der Waals surface area contributed by atoms with E-state index in [4.69, 9.17) is 4.74 Å². The highest BCUT2D eigenvalue weighted by Gasteiger charge is 1.77. The van der Waals surface area contributed by atoms with Crippen molar-refractivity contribution < 1.29 is 4.74 Å². The van der Waals surface area contributed by atoms with Crippen molar-refractivity contribution in [2.75, 3.05) is 13.2 Å². The summed E-state index contributed by atoms with van der Waals surface area (Å²) in [6.45, 7) is 6.09. The predicted octanol–water partition coefficient (Wildman–Crippen LogP) is 5.64. The van der Waals surface area contributed by atoms with E-state index in [-0.39, 0.29) is 44.6 Å². The Labute approximate surface area is 89.9 Å². The maximum Gasteiger partial charge on any atom is 0.0463 e. The molecule has 0 saturated carbocycles. The Balaban J connectivity index is -0.0000000120. The molecule has 0 N–H and O–H groups in total. The lowest BCUT2D eigenvalue weighted by molar-refractivity contribution is 0.135. The molecule has 1 heteroatoms. The van der Waals surface area contributed by atoms with Crippen LogP contribution in [0, 0.1) is 0 Å². The summed E-state index contributed by atoms with van der Waals surface area (Å²) in [5.74, 6) is 0. The van der Waals surface area contributed by atoms with Crippen molar-refractivity contribution >= 4 is 0 Å². The van der Waals surface area contributed by atoms with E-state index in [0.29, 0.717) is 0 Å². The second kappa shape index (κ2) is 58.4. The summed E-state index contributed by atoms with van der Waals surface area (Å²) < 4.78 is 5.13. The fraction of sp³-hybridized carbons (Fsp3) is 1.00. The van der Waals surface area contributed by atoms with Crippen LogP contribution >= 0.6 is 0 Å². The van der Waals surface area contributed by atoms with E-state index in [1.165, 1.54) is 0 Å². The van der Waals surface area contributed by atoms with Crippen molar-refractivity contribution in [1.29, 1.82) is 0 Å². The SMILES string of the molecule is C.C.C.C.C.C.CCCOCCC. The molecule has 0 saturated heterocycles. The Morgan fingerprint density at radius 2 is 0.846 bits per heavy atom. The van der Waals surface area contributed by atoms with Gasteiger partial charge in [0.25, 0.3) is 0 Å². The van der Waals surface area contributed by atoms with Crippen LogP contribution in [0.4, 0.5) is 0 Å². The first-order chi connectivity index (χ1) is 3.41. The van der Waals surface area contributed by atoms with E-state index in [2.05, 4.69) is 13.8 Å². The summed E-state index contributed by atoms with van der Waals surface area (Å²) >= 11 is 0. The molecule has 1 nitrogen and oxygen atoms in total. The van der Waals surface area contributed by atoms with E-state index < -0.39 is 0 Å². The fourth-order valence-corrected chi connectivity index (χ4v) is 0.391. The van der Waals surface area contributed by atoms with Crippen LogP contribution in [0.2, 0.25) is 0 Å². The van der Waals surface area contributed by atoms with Crippen molar-refractivity contribution in [1.82, 2.24) is 0 Å². The molecule has 0 aromatic heterocycles. The monoisotopic (exact) mass is 198 g/mol. The third kappa shape index (κ3) is 75.7. The second-order valence-corrected chi connectivity index (χ2v) is 1.61. The Morgan fingerprint density at radius 3 is 1.00 bits per heavy atom. The molecule has 0 aliphatic carbocycles. The van der Waals surface area contributed by atoms with Crippen LogP contribution in [0.25, 0.3) is 0 Å². The standard InChI is InChI=1S/C6H14O.6CH4/c1-3-5-7-6-4-2;;;;;;/h3-6H2,1-2H3;6*1H4. The average Bonchev–Trinajstić information content (AvgIpc) is 1.69. The number of hydrogen-bond donors (Lipinski definition) is 0. The zero-order valence-corrected chi connectivity index (χ0v) is 5.24. The summed E-state index contributed by atoms with van der Waals surface area (Å²) in [5.41, 5.74) is 0. The molecule has 0 spiro atoms. The molecule has 0 aromatic rings. The lowest BCUT2D eigenvalue weighted by Gasteiger charge is -1.95. The zero-order valence-electron chi connectivity index (χ0n) is 5.24. The van der Waals surface area contributed by atoms with Crippen LogP contribution in [0.3, 0.4) is 0 Å². The van der Waals surface area contributed by atoms with Crippen molar-refractivity contribution in [3.05, 3.63) is 0 Å². The third-order valence-corrected chi connectivity index (χ3v) is 0.697. The highest BCUT2D eigenvalue weighted by molar-refractivity contribution is 4.25. The molecule has 0 heterocycles. The summed E-state index contributed by atoms with van der Waals surface area (Å²) in [6.07, 6.45) is 2.28. The Kier molecular flexibility index (Phi) is 234. The molecule has 0 fully saturated rings. The van der Waals surface area contributed by atoms with E-state index in [1.807, 2.05) is 0 Å². The van der Waals surface area contributed by atoms with Gasteiger partial charge in [-0.15, -0.1) is 0 Å². The van der Waals surface area contributed by atoms with Gasteiger partial charge in [0.05, 0.1) is 0 Å². The molecule has 0 aromatic carbocycles. The first-order valence-corrected chi connectivity index (χ1v) is 2.99. The maximum atomic E-state index is 5.13. The average molecular weight is 198 g/mol. The van der Waals surface area contributed by atoms with Gasteiger partial charge in [0.15, 0.2) is 0 Å². The smallest absolute Gasteiger partial charge is 0.0463 e. The summed E-state index contributed by atoms with van der Waals surface area (Å²) in [6, 6.07) is 0. The highest BCUT2D eigenvalue weighted by atomic mass is 16.5. The molecule has 13 heavy (non-hydrogen) atoms. The first-order valence-electron chi connectivity index (χ1n) is 2.99. The lowest BCUT2D eigenvalue weighted by Crippen LogP contribution is -1.92. The van der Waals surface area contributed by atoms with Gasteiger partial charge in [0.2, 0.25) is 0 Å². The molecular weight excluding hydrogens is 160 g/mol. The fourth-order valence-electron chi connectivity index (χ4n) is 0.391. The second-order valence-electron chi connectivity index (χ2n) is 1.61. The van der Waals surface area contributed by atoms with E-state index in [9.17, 15) is 0 Å². The third-order valence-electron chi connectivity index (χ3n) is 0.697. The van der Waals surface area contributed by atoms with Crippen LogP contribution in [0.5, 0.6) is 0 Å². The topological polar surface area (TPSA) is 9.23 Å². The first kappa shape index (κ1) is 52.2. The molecule has 92 valence electrons. The molecule has 0 rings (SSSR count). The van der Waals surface area contributed by atoms with Crippen molar-refractivity contribution in [3.63, 3.8) is 0 Å². The van der Waals surface area contributed by atoms with E-state index >= 15 is 0 Å². The lowest BCUT2D eigenvalue weighted by atomic mass is 10.5. The van der Waals surface area contributed by atoms with Crippen LogP contribution < -0.4 is 0 Å². The Bertz CT molecular complexity index is 24.3. The molecule has 0 radical (unpaired) electrons. The minimum absolute atomic E-state index is 0. The molecule has 0 atom stereocenters. The van der Waals surface area contributed by atoms with Crippen molar-refractivity contribution in [2.45, 2.75) is 71.2 Å². The van der Waals surface area contributed by atoms with Gasteiger partial charge in [-0.1, -0.05) is 58.4 Å². The minimum Gasteiger partial charge on any atom is -0.381 e. The van der Waals surface area contributed by atoms with Crippen molar-refractivity contribution in [2.24, 2.45) is 0 Å². The van der Waals surface area contributed by atoms with Gasteiger partial charge in [-0.25, -0.2) is 0 Å². The van der Waals surface area contributed by atoms with Crippen LogP contribution in [0.1, 0.15) is 71.2 Å². The summed E-state index contributed by atoms with van der Waals surface area (Å²) in [4.78, 5) is 0. The molecular formula is C12H38O.